The predicted molar refractivity (Wildman–Crippen MR) is 102 cm³/mol. The number of aromatic amines is 1. The monoisotopic (exact) mass is 368 g/mol. The van der Waals surface area contributed by atoms with E-state index in [2.05, 4.69) is 34.1 Å². The number of aromatic nitrogens is 2. The molecule has 1 saturated heterocycles. The van der Waals surface area contributed by atoms with Gasteiger partial charge in [-0.3, -0.25) is 19.5 Å². The second kappa shape index (κ2) is 7.15. The molecule has 0 unspecified atom stereocenters. The Morgan fingerprint density at radius 1 is 1.07 bits per heavy atom. The number of benzene rings is 1. The van der Waals surface area contributed by atoms with Crippen molar-refractivity contribution in [2.45, 2.75) is 31.8 Å². The Morgan fingerprint density at radius 3 is 2.52 bits per heavy atom. The number of amides is 1. The minimum absolute atomic E-state index is 0.0300. The molecule has 7 nitrogen and oxygen atoms in total. The van der Waals surface area contributed by atoms with Gasteiger partial charge >= 0.3 is 5.69 Å². The predicted octanol–water partition coefficient (Wildman–Crippen LogP) is 0.737. The summed E-state index contributed by atoms with van der Waals surface area (Å²) in [5.74, 6) is -0.297. The molecule has 0 atom stereocenters. The van der Waals surface area contributed by atoms with Crippen molar-refractivity contribution in [2.24, 2.45) is 7.05 Å². The van der Waals surface area contributed by atoms with E-state index < -0.39 is 11.2 Å². The minimum atomic E-state index is -0.613. The Labute approximate surface area is 157 Å². The van der Waals surface area contributed by atoms with Crippen LogP contribution in [0.2, 0.25) is 0 Å². The summed E-state index contributed by atoms with van der Waals surface area (Å²) < 4.78 is 1.23. The number of aryl methyl sites for hydroxylation is 1. The first-order chi connectivity index (χ1) is 13.0. The fourth-order valence-corrected chi connectivity index (χ4v) is 4.15. The van der Waals surface area contributed by atoms with Gasteiger partial charge < -0.3 is 9.47 Å². The summed E-state index contributed by atoms with van der Waals surface area (Å²) in [6, 6.07) is 9.06. The Balaban J connectivity index is 1.41. The topological polar surface area (TPSA) is 78.4 Å². The van der Waals surface area contributed by atoms with Gasteiger partial charge in [0.15, 0.2) is 0 Å². The average molecular weight is 368 g/mol. The summed E-state index contributed by atoms with van der Waals surface area (Å²) in [6.45, 7) is 3.28. The van der Waals surface area contributed by atoms with Crippen molar-refractivity contribution in [3.8, 4) is 0 Å². The number of H-pyrrole nitrogens is 1. The van der Waals surface area contributed by atoms with Gasteiger partial charge in [-0.1, -0.05) is 24.3 Å². The van der Waals surface area contributed by atoms with Crippen molar-refractivity contribution in [1.29, 1.82) is 0 Å². The molecule has 0 aliphatic carbocycles. The van der Waals surface area contributed by atoms with Crippen LogP contribution in [0.3, 0.4) is 0 Å². The molecule has 3 heterocycles. The Kier molecular flexibility index (Phi) is 4.70. The number of piperidine rings is 1. The molecule has 1 aromatic heterocycles. The van der Waals surface area contributed by atoms with E-state index in [-0.39, 0.29) is 11.5 Å². The van der Waals surface area contributed by atoms with Gasteiger partial charge in [-0.05, 0) is 30.4 Å². The summed E-state index contributed by atoms with van der Waals surface area (Å²) in [7, 11) is 1.52. The summed E-state index contributed by atoms with van der Waals surface area (Å²) in [5.41, 5.74) is 1.75. The fourth-order valence-electron chi connectivity index (χ4n) is 4.15. The quantitative estimate of drug-likeness (QED) is 0.848. The molecule has 1 aromatic carbocycles. The number of fused-ring (bicyclic) bond motifs is 1. The number of likely N-dealkylation sites (tertiary alicyclic amines) is 1. The maximum absolute atomic E-state index is 12.7. The molecule has 2 aromatic rings. The van der Waals surface area contributed by atoms with E-state index in [0.717, 1.165) is 32.4 Å². The molecule has 27 heavy (non-hydrogen) atoms. The van der Waals surface area contributed by atoms with Gasteiger partial charge in [-0.15, -0.1) is 0 Å². The van der Waals surface area contributed by atoms with Gasteiger partial charge in [-0.2, -0.15) is 0 Å². The molecule has 142 valence electrons. The largest absolute Gasteiger partial charge is 0.338 e. The average Bonchev–Trinajstić information content (AvgIpc) is 2.70. The van der Waals surface area contributed by atoms with Gasteiger partial charge in [0.05, 0.1) is 0 Å². The summed E-state index contributed by atoms with van der Waals surface area (Å²) in [6.07, 6.45) is 4.20. The maximum Gasteiger partial charge on any atom is 0.328 e. The lowest BCUT2D eigenvalue weighted by molar-refractivity contribution is 0.0597. The van der Waals surface area contributed by atoms with Crippen molar-refractivity contribution in [3.05, 3.63) is 68.0 Å². The van der Waals surface area contributed by atoms with Crippen LogP contribution in [-0.2, 0) is 20.0 Å². The smallest absolute Gasteiger partial charge is 0.328 e. The zero-order valence-corrected chi connectivity index (χ0v) is 15.5. The van der Waals surface area contributed by atoms with Crippen LogP contribution in [0, 0.1) is 0 Å². The van der Waals surface area contributed by atoms with Crippen molar-refractivity contribution >= 4 is 5.91 Å². The zero-order chi connectivity index (χ0) is 19.0. The van der Waals surface area contributed by atoms with E-state index in [1.807, 2.05) is 0 Å². The first kappa shape index (κ1) is 17.7. The Morgan fingerprint density at radius 2 is 1.78 bits per heavy atom. The second-order valence-corrected chi connectivity index (χ2v) is 7.43. The maximum atomic E-state index is 12.7. The molecule has 1 amide bonds. The summed E-state index contributed by atoms with van der Waals surface area (Å²) in [4.78, 5) is 42.6. The third kappa shape index (κ3) is 3.47. The highest BCUT2D eigenvalue weighted by molar-refractivity contribution is 5.93. The zero-order valence-electron chi connectivity index (χ0n) is 15.5. The molecule has 2 aliphatic rings. The lowest BCUT2D eigenvalue weighted by Crippen LogP contribution is -2.49. The Bertz CT molecular complexity index is 970. The van der Waals surface area contributed by atoms with Crippen molar-refractivity contribution in [1.82, 2.24) is 19.4 Å². The Hall–Kier alpha value is -2.67. The van der Waals surface area contributed by atoms with Crippen LogP contribution in [0.4, 0.5) is 0 Å². The highest BCUT2D eigenvalue weighted by Gasteiger charge is 2.30. The van der Waals surface area contributed by atoms with E-state index in [0.29, 0.717) is 19.1 Å². The number of carbonyl (C=O) groups excluding carboxylic acids is 1. The molecule has 4 rings (SSSR count). The molecule has 1 N–H and O–H groups in total. The van der Waals surface area contributed by atoms with Crippen LogP contribution >= 0.6 is 0 Å². The lowest BCUT2D eigenvalue weighted by atomic mass is 9.95. The van der Waals surface area contributed by atoms with Crippen molar-refractivity contribution < 1.29 is 4.79 Å². The highest BCUT2D eigenvalue weighted by Crippen LogP contribution is 2.25. The first-order valence-electron chi connectivity index (χ1n) is 9.43. The van der Waals surface area contributed by atoms with Crippen LogP contribution in [0.15, 0.2) is 40.1 Å². The van der Waals surface area contributed by atoms with E-state index in [4.69, 9.17) is 0 Å². The summed E-state index contributed by atoms with van der Waals surface area (Å²) in [5, 5.41) is 0. The minimum Gasteiger partial charge on any atom is -0.338 e. The lowest BCUT2D eigenvalue weighted by Gasteiger charge is -2.40. The molecular formula is C20H24N4O3. The molecular weight excluding hydrogens is 344 g/mol. The fraction of sp³-hybridized carbons (Fsp3) is 0.450. The molecule has 0 radical (unpaired) electrons. The van der Waals surface area contributed by atoms with Gasteiger partial charge in [0.25, 0.3) is 11.5 Å². The van der Waals surface area contributed by atoms with Crippen LogP contribution in [0.5, 0.6) is 0 Å². The number of rotatable bonds is 2. The van der Waals surface area contributed by atoms with Crippen LogP contribution in [-0.4, -0.2) is 50.9 Å². The molecule has 0 bridgehead atoms. The normalized spacial score (nSPS) is 18.3. The molecule has 7 heteroatoms. The number of nitrogens with zero attached hydrogens (tertiary/aromatic N) is 3. The number of carbonyl (C=O) groups is 1. The SMILES string of the molecule is Cn1cc(C(=O)N2CCC(N3CCc4ccccc4C3)CC2)c(=O)[nH]c1=O. The van der Waals surface area contributed by atoms with Crippen LogP contribution < -0.4 is 11.2 Å². The van der Waals surface area contributed by atoms with Crippen LogP contribution in [0.1, 0.15) is 34.3 Å². The third-order valence-electron chi connectivity index (χ3n) is 5.77. The van der Waals surface area contributed by atoms with E-state index in [1.165, 1.54) is 28.9 Å². The second-order valence-electron chi connectivity index (χ2n) is 7.43. The number of nitrogens with one attached hydrogen (secondary N) is 1. The molecule has 0 spiro atoms. The first-order valence-corrected chi connectivity index (χ1v) is 9.43. The van der Waals surface area contributed by atoms with Crippen molar-refractivity contribution in [2.75, 3.05) is 19.6 Å². The molecule has 1 fully saturated rings. The standard InChI is InChI=1S/C20H24N4O3/c1-22-13-17(18(25)21-20(22)27)19(26)23-10-7-16(8-11-23)24-9-6-14-4-2-3-5-15(14)12-24/h2-5,13,16H,6-12H2,1H3,(H,21,25,27). The van der Waals surface area contributed by atoms with E-state index in [1.54, 1.807) is 4.90 Å². The molecule has 0 saturated carbocycles. The number of hydrogen-bond donors (Lipinski definition) is 1. The van der Waals surface area contributed by atoms with E-state index in [9.17, 15) is 14.4 Å². The third-order valence-corrected chi connectivity index (χ3v) is 5.77. The summed E-state index contributed by atoms with van der Waals surface area (Å²) >= 11 is 0. The molecule has 2 aliphatic heterocycles. The van der Waals surface area contributed by atoms with Crippen LogP contribution in [0.25, 0.3) is 0 Å². The van der Waals surface area contributed by atoms with E-state index >= 15 is 0 Å². The van der Waals surface area contributed by atoms with Gasteiger partial charge in [0.2, 0.25) is 0 Å². The van der Waals surface area contributed by atoms with Gasteiger partial charge in [-0.25, -0.2) is 4.79 Å². The number of hydrogen-bond acceptors (Lipinski definition) is 4. The highest BCUT2D eigenvalue weighted by atomic mass is 16.2. The van der Waals surface area contributed by atoms with Gasteiger partial charge in [0.1, 0.15) is 5.56 Å². The van der Waals surface area contributed by atoms with Gasteiger partial charge in [0, 0.05) is 45.5 Å². The van der Waals surface area contributed by atoms with Crippen molar-refractivity contribution in [3.63, 3.8) is 0 Å².